The maximum absolute atomic E-state index is 5.53. The van der Waals surface area contributed by atoms with E-state index in [4.69, 9.17) is 17.0 Å². The highest BCUT2D eigenvalue weighted by molar-refractivity contribution is 7.80. The number of fused-ring (bicyclic) bond motifs is 1. The van der Waals surface area contributed by atoms with E-state index in [0.29, 0.717) is 18.1 Å². The monoisotopic (exact) mass is 299 g/mol. The van der Waals surface area contributed by atoms with Crippen molar-refractivity contribution in [3.63, 3.8) is 0 Å². The molecule has 0 bridgehead atoms. The molecule has 0 spiro atoms. The predicted molar refractivity (Wildman–Crippen MR) is 84.5 cm³/mol. The summed E-state index contributed by atoms with van der Waals surface area (Å²) in [6.07, 6.45) is 5.79. The molecule has 0 amide bonds. The molecule has 0 aliphatic carbocycles. The Morgan fingerprint density at radius 2 is 2.19 bits per heavy atom. The molecule has 0 radical (unpaired) electrons. The molecule has 2 N–H and O–H groups in total. The van der Waals surface area contributed by atoms with E-state index >= 15 is 0 Å². The van der Waals surface area contributed by atoms with Crippen LogP contribution in [0, 0.1) is 0 Å². The summed E-state index contributed by atoms with van der Waals surface area (Å²) in [4.78, 5) is 8.30. The Morgan fingerprint density at radius 3 is 3.05 bits per heavy atom. The van der Waals surface area contributed by atoms with Gasteiger partial charge in [-0.05, 0) is 36.5 Å². The second-order valence-corrected chi connectivity index (χ2v) is 4.72. The lowest BCUT2D eigenvalue weighted by Crippen LogP contribution is -2.27. The van der Waals surface area contributed by atoms with Gasteiger partial charge in [0.25, 0.3) is 0 Å². The van der Waals surface area contributed by atoms with Gasteiger partial charge in [-0.15, -0.1) is 0 Å². The van der Waals surface area contributed by atoms with Crippen LogP contribution in [0.5, 0.6) is 5.75 Å². The topological polar surface area (TPSA) is 71.4 Å². The van der Waals surface area contributed by atoms with Crippen molar-refractivity contribution >= 4 is 28.7 Å². The highest BCUT2D eigenvalue weighted by Crippen LogP contribution is 2.21. The van der Waals surface area contributed by atoms with E-state index in [1.165, 1.54) is 0 Å². The summed E-state index contributed by atoms with van der Waals surface area (Å²) < 4.78 is 5.53. The van der Waals surface area contributed by atoms with Crippen molar-refractivity contribution in [2.75, 3.05) is 11.9 Å². The lowest BCUT2D eigenvalue weighted by molar-refractivity contribution is 0.318. The quantitative estimate of drug-likeness (QED) is 0.652. The number of hydrazone groups is 1. The van der Waals surface area contributed by atoms with Crippen molar-refractivity contribution in [3.8, 4) is 5.75 Å². The number of nitrogens with zero attached hydrogens (tertiary/aromatic N) is 3. The van der Waals surface area contributed by atoms with E-state index in [0.717, 1.165) is 22.8 Å². The average molecular weight is 299 g/mol. The minimum Gasteiger partial charge on any atom is -0.491 e. The normalized spacial score (nSPS) is 15.0. The zero-order valence-electron chi connectivity index (χ0n) is 11.1. The molecule has 2 aromatic heterocycles. The second kappa shape index (κ2) is 6.27. The van der Waals surface area contributed by atoms with Crippen LogP contribution in [0.25, 0.3) is 0 Å². The molecule has 1 aliphatic heterocycles. The van der Waals surface area contributed by atoms with Gasteiger partial charge in [-0.1, -0.05) is 0 Å². The summed E-state index contributed by atoms with van der Waals surface area (Å²) in [5, 5.41) is 7.73. The van der Waals surface area contributed by atoms with E-state index in [-0.39, 0.29) is 0 Å². The van der Waals surface area contributed by atoms with Crippen molar-refractivity contribution in [2.45, 2.75) is 6.42 Å². The molecule has 0 saturated carbocycles. The standard InChI is InChI=1S/C14H13N5OS/c21-14(17-10-3-1-6-15-9-10)19-18-11-5-8-20-12-4-2-7-16-13(11)12/h1-4,6-7,9H,5,8H2,(H2,17,19,21)/b18-11-. The number of rotatable bonds is 2. The zero-order valence-corrected chi connectivity index (χ0v) is 11.9. The van der Waals surface area contributed by atoms with Crippen molar-refractivity contribution < 1.29 is 4.74 Å². The lowest BCUT2D eigenvalue weighted by Gasteiger charge is -2.17. The van der Waals surface area contributed by atoms with Crippen LogP contribution in [-0.4, -0.2) is 27.4 Å². The zero-order chi connectivity index (χ0) is 14.5. The Morgan fingerprint density at radius 1 is 1.29 bits per heavy atom. The summed E-state index contributed by atoms with van der Waals surface area (Å²) in [7, 11) is 0. The molecule has 0 saturated heterocycles. The van der Waals surface area contributed by atoms with Crippen molar-refractivity contribution in [2.24, 2.45) is 5.10 Å². The molecule has 0 aromatic carbocycles. The van der Waals surface area contributed by atoms with E-state index < -0.39 is 0 Å². The molecule has 2 aromatic rings. The molecule has 3 rings (SSSR count). The first-order chi connectivity index (χ1) is 10.3. The summed E-state index contributed by atoms with van der Waals surface area (Å²) in [6, 6.07) is 7.42. The highest BCUT2D eigenvalue weighted by atomic mass is 32.1. The number of hydrogen-bond acceptors (Lipinski definition) is 5. The van der Waals surface area contributed by atoms with Crippen LogP contribution in [-0.2, 0) is 0 Å². The van der Waals surface area contributed by atoms with Crippen LogP contribution < -0.4 is 15.5 Å². The predicted octanol–water partition coefficient (Wildman–Crippen LogP) is 1.95. The van der Waals surface area contributed by atoms with Crippen molar-refractivity contribution in [1.29, 1.82) is 0 Å². The fourth-order valence-corrected chi connectivity index (χ4v) is 2.09. The molecule has 0 fully saturated rings. The third-order valence-corrected chi connectivity index (χ3v) is 3.05. The van der Waals surface area contributed by atoms with Crippen LogP contribution in [0.2, 0.25) is 0 Å². The Hall–Kier alpha value is -2.54. The van der Waals surface area contributed by atoms with Crippen LogP contribution in [0.4, 0.5) is 5.69 Å². The Labute approximate surface area is 127 Å². The molecule has 1 aliphatic rings. The molecule has 0 unspecified atom stereocenters. The van der Waals surface area contributed by atoms with Gasteiger partial charge in [-0.3, -0.25) is 15.4 Å². The molecule has 21 heavy (non-hydrogen) atoms. The van der Waals surface area contributed by atoms with Gasteiger partial charge in [0, 0.05) is 18.8 Å². The van der Waals surface area contributed by atoms with E-state index in [9.17, 15) is 0 Å². The SMILES string of the molecule is S=C(N/N=C1/CCOc2cccnc21)Nc1cccnc1. The minimum absolute atomic E-state index is 0.402. The summed E-state index contributed by atoms with van der Waals surface area (Å²) in [5.74, 6) is 0.746. The summed E-state index contributed by atoms with van der Waals surface area (Å²) >= 11 is 5.19. The van der Waals surface area contributed by atoms with E-state index in [1.807, 2.05) is 24.3 Å². The number of aromatic nitrogens is 2. The second-order valence-electron chi connectivity index (χ2n) is 4.31. The van der Waals surface area contributed by atoms with E-state index in [2.05, 4.69) is 25.8 Å². The number of ether oxygens (including phenoxy) is 1. The van der Waals surface area contributed by atoms with Gasteiger partial charge in [-0.2, -0.15) is 5.10 Å². The highest BCUT2D eigenvalue weighted by Gasteiger charge is 2.17. The van der Waals surface area contributed by atoms with Crippen LogP contribution in [0.1, 0.15) is 12.1 Å². The van der Waals surface area contributed by atoms with E-state index in [1.54, 1.807) is 18.6 Å². The van der Waals surface area contributed by atoms with Crippen molar-refractivity contribution in [1.82, 2.24) is 15.4 Å². The van der Waals surface area contributed by atoms with Gasteiger partial charge in [-0.25, -0.2) is 0 Å². The average Bonchev–Trinajstić information content (AvgIpc) is 2.54. The number of hydrogen-bond donors (Lipinski definition) is 2. The van der Waals surface area contributed by atoms with Crippen LogP contribution >= 0.6 is 12.2 Å². The van der Waals surface area contributed by atoms with Gasteiger partial charge >= 0.3 is 0 Å². The third kappa shape index (κ3) is 3.32. The molecule has 3 heterocycles. The fourth-order valence-electron chi connectivity index (χ4n) is 1.92. The Balaban J connectivity index is 1.68. The van der Waals surface area contributed by atoms with Gasteiger partial charge in [0.15, 0.2) is 5.11 Å². The summed E-state index contributed by atoms with van der Waals surface area (Å²) in [6.45, 7) is 0.585. The number of anilines is 1. The first-order valence-electron chi connectivity index (χ1n) is 6.45. The fraction of sp³-hybridized carbons (Fsp3) is 0.143. The maximum atomic E-state index is 5.53. The molecule has 7 heteroatoms. The molecular formula is C14H13N5OS. The largest absolute Gasteiger partial charge is 0.491 e. The smallest absolute Gasteiger partial charge is 0.191 e. The molecule has 106 valence electrons. The van der Waals surface area contributed by atoms with Gasteiger partial charge < -0.3 is 10.1 Å². The Kier molecular flexibility index (Phi) is 4.02. The molecular weight excluding hydrogens is 286 g/mol. The third-order valence-electron chi connectivity index (χ3n) is 2.85. The number of pyridine rings is 2. The minimum atomic E-state index is 0.402. The maximum Gasteiger partial charge on any atom is 0.191 e. The number of thiocarbonyl (C=S) groups is 1. The Bertz CT molecular complexity index is 674. The molecule has 0 atom stereocenters. The molecule has 6 nitrogen and oxygen atoms in total. The summed E-state index contributed by atoms with van der Waals surface area (Å²) in [5.41, 5.74) is 5.21. The first kappa shape index (κ1) is 13.4. The van der Waals surface area contributed by atoms with Crippen LogP contribution in [0.15, 0.2) is 48.0 Å². The number of nitrogens with one attached hydrogen (secondary N) is 2. The van der Waals surface area contributed by atoms with Gasteiger partial charge in [0.2, 0.25) is 0 Å². The van der Waals surface area contributed by atoms with Crippen LogP contribution in [0.3, 0.4) is 0 Å². The first-order valence-corrected chi connectivity index (χ1v) is 6.85. The lowest BCUT2D eigenvalue weighted by atomic mass is 10.1. The van der Waals surface area contributed by atoms with Gasteiger partial charge in [0.1, 0.15) is 11.4 Å². The van der Waals surface area contributed by atoms with Gasteiger partial charge in [0.05, 0.1) is 24.2 Å². The van der Waals surface area contributed by atoms with Crippen molar-refractivity contribution in [3.05, 3.63) is 48.5 Å².